The van der Waals surface area contributed by atoms with Crippen LogP contribution in [0.3, 0.4) is 0 Å². The van der Waals surface area contributed by atoms with Gasteiger partial charge >= 0.3 is 6.03 Å². The zero-order chi connectivity index (χ0) is 10.7. The van der Waals surface area contributed by atoms with Gasteiger partial charge in [-0.3, -0.25) is 0 Å². The van der Waals surface area contributed by atoms with Crippen LogP contribution in [0.1, 0.15) is 45.4 Å². The number of amides is 2. The Morgan fingerprint density at radius 2 is 1.87 bits per heavy atom. The molecular formula is C12H20N2O. The first-order valence-electron chi connectivity index (χ1n) is 5.99. The highest BCUT2D eigenvalue weighted by atomic mass is 16.2. The van der Waals surface area contributed by atoms with Crippen LogP contribution < -0.4 is 10.6 Å². The second-order valence-electron chi connectivity index (χ2n) is 4.76. The predicted octanol–water partition coefficient (Wildman–Crippen LogP) is 2.54. The molecule has 0 saturated heterocycles. The van der Waals surface area contributed by atoms with E-state index in [0.29, 0.717) is 6.04 Å². The third-order valence-corrected chi connectivity index (χ3v) is 3.34. The summed E-state index contributed by atoms with van der Waals surface area (Å²) < 4.78 is 0. The van der Waals surface area contributed by atoms with Crippen LogP contribution in [0.4, 0.5) is 4.79 Å². The fourth-order valence-electron chi connectivity index (χ4n) is 2.13. The lowest BCUT2D eigenvalue weighted by Gasteiger charge is -2.11. The van der Waals surface area contributed by atoms with Gasteiger partial charge in [0.05, 0.1) is 0 Å². The summed E-state index contributed by atoms with van der Waals surface area (Å²) in [5.41, 5.74) is 1.30. The summed E-state index contributed by atoms with van der Waals surface area (Å²) in [6.07, 6.45) is 9.21. The first kappa shape index (κ1) is 10.5. The number of hydrogen-bond donors (Lipinski definition) is 2. The Morgan fingerprint density at radius 3 is 2.47 bits per heavy atom. The fraction of sp³-hybridized carbons (Fsp3) is 0.750. The molecule has 15 heavy (non-hydrogen) atoms. The topological polar surface area (TPSA) is 41.1 Å². The molecule has 2 fully saturated rings. The molecule has 2 N–H and O–H groups in total. The van der Waals surface area contributed by atoms with Crippen LogP contribution in [-0.4, -0.2) is 12.1 Å². The molecule has 0 aromatic rings. The van der Waals surface area contributed by atoms with Gasteiger partial charge in [0.15, 0.2) is 0 Å². The second-order valence-corrected chi connectivity index (χ2v) is 4.76. The van der Waals surface area contributed by atoms with Crippen molar-refractivity contribution in [3.63, 3.8) is 0 Å². The van der Waals surface area contributed by atoms with E-state index in [1.807, 2.05) is 6.20 Å². The summed E-state index contributed by atoms with van der Waals surface area (Å²) in [5.74, 6) is 0.733. The minimum absolute atomic E-state index is 0.0399. The van der Waals surface area contributed by atoms with Gasteiger partial charge in [0, 0.05) is 12.2 Å². The van der Waals surface area contributed by atoms with Gasteiger partial charge in [-0.1, -0.05) is 18.4 Å². The molecule has 0 atom stereocenters. The smallest absolute Gasteiger partial charge is 0.318 e. The van der Waals surface area contributed by atoms with Crippen LogP contribution in [-0.2, 0) is 0 Å². The quantitative estimate of drug-likeness (QED) is 0.735. The van der Waals surface area contributed by atoms with Crippen LogP contribution in [0.15, 0.2) is 11.8 Å². The van der Waals surface area contributed by atoms with Gasteiger partial charge in [0.25, 0.3) is 0 Å². The van der Waals surface area contributed by atoms with Crippen LogP contribution in [0, 0.1) is 5.92 Å². The molecular weight excluding hydrogens is 188 g/mol. The molecule has 0 radical (unpaired) electrons. The second kappa shape index (κ2) is 4.69. The largest absolute Gasteiger partial charge is 0.335 e. The Kier molecular flexibility index (Phi) is 3.29. The lowest BCUT2D eigenvalue weighted by Crippen LogP contribution is -2.38. The first-order chi connectivity index (χ1) is 7.25. The van der Waals surface area contributed by atoms with Crippen LogP contribution >= 0.6 is 0 Å². The molecule has 3 nitrogen and oxygen atoms in total. The summed E-state index contributed by atoms with van der Waals surface area (Å²) in [4.78, 5) is 11.5. The van der Waals surface area contributed by atoms with Crippen molar-refractivity contribution >= 4 is 6.03 Å². The normalized spacial score (nSPS) is 22.9. The molecule has 0 unspecified atom stereocenters. The number of carbonyl (C=O) groups excluding carboxylic acids is 1. The molecule has 0 bridgehead atoms. The average Bonchev–Trinajstić information content (AvgIpc) is 2.95. The minimum Gasteiger partial charge on any atom is -0.335 e. The molecule has 0 aromatic heterocycles. The standard InChI is InChI=1S/C12H20N2O/c1-9(10-6-7-10)8-13-12(15)14-11-4-2-3-5-11/h8,10-11H,2-7H2,1H3,(H2,13,14,15)/b9-8+. The van der Waals surface area contributed by atoms with E-state index in [1.165, 1.54) is 31.3 Å². The number of rotatable bonds is 3. The highest BCUT2D eigenvalue weighted by molar-refractivity contribution is 5.75. The van der Waals surface area contributed by atoms with Crippen molar-refractivity contribution in [3.05, 3.63) is 11.8 Å². The van der Waals surface area contributed by atoms with Crippen molar-refractivity contribution in [2.75, 3.05) is 0 Å². The highest BCUT2D eigenvalue weighted by Gasteiger charge is 2.23. The molecule has 0 heterocycles. The van der Waals surface area contributed by atoms with E-state index >= 15 is 0 Å². The Balaban J connectivity index is 1.69. The van der Waals surface area contributed by atoms with Gasteiger partial charge in [-0.15, -0.1) is 0 Å². The molecule has 3 heteroatoms. The summed E-state index contributed by atoms with van der Waals surface area (Å²) in [7, 11) is 0. The van der Waals surface area contributed by atoms with E-state index < -0.39 is 0 Å². The number of nitrogens with one attached hydrogen (secondary N) is 2. The van der Waals surface area contributed by atoms with Crippen LogP contribution in [0.2, 0.25) is 0 Å². The summed E-state index contributed by atoms with van der Waals surface area (Å²) in [5, 5.41) is 5.82. The summed E-state index contributed by atoms with van der Waals surface area (Å²) >= 11 is 0. The van der Waals surface area contributed by atoms with Crippen molar-refractivity contribution < 1.29 is 4.79 Å². The molecule has 0 aliphatic heterocycles. The van der Waals surface area contributed by atoms with Crippen molar-refractivity contribution in [1.82, 2.24) is 10.6 Å². The highest BCUT2D eigenvalue weighted by Crippen LogP contribution is 2.35. The molecule has 2 rings (SSSR count). The fourth-order valence-corrected chi connectivity index (χ4v) is 2.13. The summed E-state index contributed by atoms with van der Waals surface area (Å²) in [6, 6.07) is 0.363. The predicted molar refractivity (Wildman–Crippen MR) is 60.4 cm³/mol. The third kappa shape index (κ3) is 3.26. The Morgan fingerprint density at radius 1 is 1.20 bits per heavy atom. The van der Waals surface area contributed by atoms with Crippen molar-refractivity contribution in [3.8, 4) is 0 Å². The lowest BCUT2D eigenvalue weighted by atomic mass is 10.2. The number of hydrogen-bond acceptors (Lipinski definition) is 1. The zero-order valence-electron chi connectivity index (χ0n) is 9.38. The lowest BCUT2D eigenvalue weighted by molar-refractivity contribution is 0.240. The maximum Gasteiger partial charge on any atom is 0.318 e. The minimum atomic E-state index is -0.0399. The Hall–Kier alpha value is -0.990. The van der Waals surface area contributed by atoms with Crippen LogP contribution in [0.5, 0.6) is 0 Å². The maximum absolute atomic E-state index is 11.5. The molecule has 2 aliphatic carbocycles. The van der Waals surface area contributed by atoms with Crippen molar-refractivity contribution in [2.24, 2.45) is 5.92 Å². The van der Waals surface area contributed by atoms with Gasteiger partial charge in [-0.2, -0.15) is 0 Å². The average molecular weight is 208 g/mol. The van der Waals surface area contributed by atoms with Crippen molar-refractivity contribution in [2.45, 2.75) is 51.5 Å². The third-order valence-electron chi connectivity index (χ3n) is 3.34. The first-order valence-corrected chi connectivity index (χ1v) is 5.99. The number of carbonyl (C=O) groups is 1. The van der Waals surface area contributed by atoms with Crippen molar-refractivity contribution in [1.29, 1.82) is 0 Å². The summed E-state index contributed by atoms with van der Waals surface area (Å²) in [6.45, 7) is 2.09. The van der Waals surface area contributed by atoms with Gasteiger partial charge in [0.1, 0.15) is 0 Å². The van der Waals surface area contributed by atoms with E-state index in [1.54, 1.807) is 0 Å². The molecule has 2 amide bonds. The maximum atomic E-state index is 11.5. The molecule has 2 saturated carbocycles. The van der Waals surface area contributed by atoms with E-state index in [4.69, 9.17) is 0 Å². The van der Waals surface area contributed by atoms with Gasteiger partial charge in [0.2, 0.25) is 0 Å². The molecule has 0 spiro atoms. The number of urea groups is 1. The Bertz CT molecular complexity index is 263. The van der Waals surface area contributed by atoms with E-state index in [-0.39, 0.29) is 6.03 Å². The van der Waals surface area contributed by atoms with Gasteiger partial charge in [-0.05, 0) is 38.5 Å². The van der Waals surface area contributed by atoms with Crippen LogP contribution in [0.25, 0.3) is 0 Å². The monoisotopic (exact) mass is 208 g/mol. The van der Waals surface area contributed by atoms with Gasteiger partial charge in [-0.25, -0.2) is 4.79 Å². The SMILES string of the molecule is C/C(=C\NC(=O)NC1CCCC1)C1CC1. The van der Waals surface area contributed by atoms with E-state index in [2.05, 4.69) is 17.6 Å². The van der Waals surface area contributed by atoms with Gasteiger partial charge < -0.3 is 10.6 Å². The van der Waals surface area contributed by atoms with E-state index in [9.17, 15) is 4.79 Å². The molecule has 84 valence electrons. The molecule has 0 aromatic carbocycles. The van der Waals surface area contributed by atoms with E-state index in [0.717, 1.165) is 18.8 Å². The molecule has 2 aliphatic rings. The Labute approximate surface area is 91.3 Å². The number of allylic oxidation sites excluding steroid dienone is 1. The zero-order valence-corrected chi connectivity index (χ0v) is 9.38.